The number of esters is 1. The Bertz CT molecular complexity index is 855. The molecular weight excluding hydrogens is 330 g/mol. The van der Waals surface area contributed by atoms with Gasteiger partial charge < -0.3 is 10.1 Å². The van der Waals surface area contributed by atoms with Crippen LogP contribution in [0.3, 0.4) is 0 Å². The zero-order valence-electron chi connectivity index (χ0n) is 15.5. The number of allylic oxidation sites excluding steroid dienone is 1. The molecule has 1 fully saturated rings. The number of nitrogens with zero attached hydrogens (tertiary/aromatic N) is 4. The van der Waals surface area contributed by atoms with Crippen molar-refractivity contribution in [1.29, 1.82) is 0 Å². The van der Waals surface area contributed by atoms with Crippen molar-refractivity contribution in [3.63, 3.8) is 0 Å². The van der Waals surface area contributed by atoms with Gasteiger partial charge in [-0.25, -0.2) is 9.78 Å². The lowest BCUT2D eigenvalue weighted by Crippen LogP contribution is -2.12. The maximum Gasteiger partial charge on any atom is 0.330 e. The predicted molar refractivity (Wildman–Crippen MR) is 101 cm³/mol. The monoisotopic (exact) mass is 355 g/mol. The quantitative estimate of drug-likeness (QED) is 0.633. The number of carbonyl (C=O) groups is 1. The average molecular weight is 355 g/mol. The van der Waals surface area contributed by atoms with Crippen LogP contribution in [-0.2, 0) is 9.53 Å². The van der Waals surface area contributed by atoms with E-state index in [0.717, 1.165) is 42.2 Å². The third kappa shape index (κ3) is 3.21. The second-order valence-electron chi connectivity index (χ2n) is 6.44. The van der Waals surface area contributed by atoms with Crippen LogP contribution >= 0.6 is 0 Å². The Morgan fingerprint density at radius 2 is 2.23 bits per heavy atom. The molecule has 26 heavy (non-hydrogen) atoms. The normalized spacial score (nSPS) is 21.3. The first-order valence-corrected chi connectivity index (χ1v) is 9.03. The van der Waals surface area contributed by atoms with Crippen LogP contribution in [0.2, 0.25) is 0 Å². The molecule has 0 radical (unpaired) electrons. The highest BCUT2D eigenvalue weighted by Gasteiger charge is 2.34. The number of fused-ring (bicyclic) bond motifs is 1. The molecule has 138 valence electrons. The Kier molecular flexibility index (Phi) is 5.35. The highest BCUT2D eigenvalue weighted by Crippen LogP contribution is 2.44. The van der Waals surface area contributed by atoms with E-state index in [-0.39, 0.29) is 11.9 Å². The standard InChI is InChI=1S/C19H25N5O2/c1-5-13-8-12(10-17(25)26-7-3)9-14(13)19-23-22-16-11-21-18(20-4)15(6-2)24(16)19/h6,10-11,13-14,20H,2,5,7-9H2,1,3-4H3/b12-10+/t13-,14+/m1/s1. The Labute approximate surface area is 153 Å². The molecule has 2 aromatic rings. The number of hydrogen-bond acceptors (Lipinski definition) is 6. The molecule has 0 amide bonds. The van der Waals surface area contributed by atoms with Gasteiger partial charge in [0.25, 0.3) is 0 Å². The highest BCUT2D eigenvalue weighted by molar-refractivity contribution is 5.82. The van der Waals surface area contributed by atoms with Gasteiger partial charge in [-0.1, -0.05) is 25.5 Å². The summed E-state index contributed by atoms with van der Waals surface area (Å²) in [6.45, 7) is 8.30. The van der Waals surface area contributed by atoms with Crippen molar-refractivity contribution >= 4 is 23.5 Å². The van der Waals surface area contributed by atoms with Crippen LogP contribution < -0.4 is 5.32 Å². The second kappa shape index (κ2) is 7.68. The molecule has 2 aromatic heterocycles. The molecule has 2 heterocycles. The Morgan fingerprint density at radius 3 is 2.88 bits per heavy atom. The summed E-state index contributed by atoms with van der Waals surface area (Å²) in [7, 11) is 1.83. The summed E-state index contributed by atoms with van der Waals surface area (Å²) in [4.78, 5) is 16.2. The number of hydrogen-bond donors (Lipinski definition) is 1. The Balaban J connectivity index is 2.02. The van der Waals surface area contributed by atoms with Crippen molar-refractivity contribution in [2.24, 2.45) is 5.92 Å². The van der Waals surface area contributed by atoms with E-state index in [4.69, 9.17) is 4.74 Å². The fourth-order valence-corrected chi connectivity index (χ4v) is 3.77. The van der Waals surface area contributed by atoms with Gasteiger partial charge >= 0.3 is 5.97 Å². The fourth-order valence-electron chi connectivity index (χ4n) is 3.77. The number of aromatic nitrogens is 4. The van der Waals surface area contributed by atoms with E-state index in [1.165, 1.54) is 0 Å². The van der Waals surface area contributed by atoms with E-state index in [9.17, 15) is 4.79 Å². The van der Waals surface area contributed by atoms with Gasteiger partial charge in [0.15, 0.2) is 5.65 Å². The third-order valence-electron chi connectivity index (χ3n) is 4.98. The summed E-state index contributed by atoms with van der Waals surface area (Å²) in [5, 5.41) is 11.8. The minimum atomic E-state index is -0.266. The third-order valence-corrected chi connectivity index (χ3v) is 4.98. The highest BCUT2D eigenvalue weighted by atomic mass is 16.5. The van der Waals surface area contributed by atoms with Crippen LogP contribution in [0.25, 0.3) is 11.7 Å². The van der Waals surface area contributed by atoms with Gasteiger partial charge in [-0.2, -0.15) is 0 Å². The molecule has 2 atom stereocenters. The smallest absolute Gasteiger partial charge is 0.330 e. The second-order valence-corrected chi connectivity index (χ2v) is 6.44. The number of anilines is 1. The van der Waals surface area contributed by atoms with Gasteiger partial charge in [-0.3, -0.25) is 4.40 Å². The van der Waals surface area contributed by atoms with Crippen LogP contribution in [0, 0.1) is 5.92 Å². The summed E-state index contributed by atoms with van der Waals surface area (Å²) < 4.78 is 7.08. The Morgan fingerprint density at radius 1 is 1.42 bits per heavy atom. The maximum atomic E-state index is 11.8. The molecule has 0 spiro atoms. The molecule has 1 aliphatic carbocycles. The molecule has 3 rings (SSSR count). The molecular formula is C19H25N5O2. The molecule has 0 aliphatic heterocycles. The minimum Gasteiger partial charge on any atom is -0.463 e. The Hall–Kier alpha value is -2.70. The zero-order valence-corrected chi connectivity index (χ0v) is 15.5. The van der Waals surface area contributed by atoms with E-state index in [1.807, 2.05) is 18.4 Å². The first-order valence-electron chi connectivity index (χ1n) is 9.03. The minimum absolute atomic E-state index is 0.196. The molecule has 7 heteroatoms. The molecule has 7 nitrogen and oxygen atoms in total. The van der Waals surface area contributed by atoms with Crippen LogP contribution in [0.15, 0.2) is 24.4 Å². The fraction of sp³-hybridized carbons (Fsp3) is 0.474. The van der Waals surface area contributed by atoms with Crippen LogP contribution in [-0.4, -0.2) is 39.2 Å². The SMILES string of the molecule is C=Cc1c(NC)ncc2nnc([C@H]3C/C(=C/C(=O)OCC)C[C@H]3CC)n12. The summed E-state index contributed by atoms with van der Waals surface area (Å²) in [5.74, 6) is 1.97. The molecule has 1 N–H and O–H groups in total. The van der Waals surface area contributed by atoms with Gasteiger partial charge in [0.05, 0.1) is 18.5 Å². The van der Waals surface area contributed by atoms with Gasteiger partial charge in [0, 0.05) is 19.0 Å². The van der Waals surface area contributed by atoms with Crippen LogP contribution in [0.4, 0.5) is 5.82 Å². The van der Waals surface area contributed by atoms with Crippen molar-refractivity contribution in [2.45, 2.75) is 39.0 Å². The largest absolute Gasteiger partial charge is 0.463 e. The lowest BCUT2D eigenvalue weighted by atomic mass is 9.93. The predicted octanol–water partition coefficient (Wildman–Crippen LogP) is 3.20. The van der Waals surface area contributed by atoms with Gasteiger partial charge in [0.2, 0.25) is 0 Å². The van der Waals surface area contributed by atoms with E-state index in [0.29, 0.717) is 18.2 Å². The van der Waals surface area contributed by atoms with Gasteiger partial charge in [-0.15, -0.1) is 10.2 Å². The summed E-state index contributed by atoms with van der Waals surface area (Å²) in [5.41, 5.74) is 2.66. The first kappa shape index (κ1) is 18.1. The number of carbonyl (C=O) groups excluding carboxylic acids is 1. The number of rotatable bonds is 6. The van der Waals surface area contributed by atoms with E-state index >= 15 is 0 Å². The van der Waals surface area contributed by atoms with Crippen LogP contribution in [0.1, 0.15) is 50.5 Å². The topological polar surface area (TPSA) is 81.4 Å². The van der Waals surface area contributed by atoms with Crippen molar-refractivity contribution in [1.82, 2.24) is 19.6 Å². The van der Waals surface area contributed by atoms with Crippen molar-refractivity contribution in [2.75, 3.05) is 19.0 Å². The summed E-state index contributed by atoms with van der Waals surface area (Å²) in [6.07, 6.45) is 7.79. The lowest BCUT2D eigenvalue weighted by molar-refractivity contribution is -0.137. The maximum absolute atomic E-state index is 11.8. The lowest BCUT2D eigenvalue weighted by Gasteiger charge is -2.17. The summed E-state index contributed by atoms with van der Waals surface area (Å²) >= 11 is 0. The van der Waals surface area contributed by atoms with E-state index < -0.39 is 0 Å². The molecule has 0 aromatic carbocycles. The molecule has 0 bridgehead atoms. The molecule has 0 unspecified atom stereocenters. The average Bonchev–Trinajstić information content (AvgIpc) is 3.24. The van der Waals surface area contributed by atoms with Crippen molar-refractivity contribution in [3.05, 3.63) is 35.9 Å². The van der Waals surface area contributed by atoms with Gasteiger partial charge in [0.1, 0.15) is 11.6 Å². The molecule has 1 aliphatic rings. The van der Waals surface area contributed by atoms with Crippen molar-refractivity contribution in [3.8, 4) is 0 Å². The van der Waals surface area contributed by atoms with E-state index in [1.54, 1.807) is 18.3 Å². The number of nitrogens with one attached hydrogen (secondary N) is 1. The van der Waals surface area contributed by atoms with Crippen molar-refractivity contribution < 1.29 is 9.53 Å². The number of ether oxygens (including phenoxy) is 1. The van der Waals surface area contributed by atoms with Gasteiger partial charge in [-0.05, 0) is 31.8 Å². The summed E-state index contributed by atoms with van der Waals surface area (Å²) in [6, 6.07) is 0. The molecule has 0 saturated heterocycles. The molecule has 1 saturated carbocycles. The first-order chi connectivity index (χ1) is 12.6. The zero-order chi connectivity index (χ0) is 18.7. The van der Waals surface area contributed by atoms with Crippen LogP contribution in [0.5, 0.6) is 0 Å². The van der Waals surface area contributed by atoms with E-state index in [2.05, 4.69) is 34.0 Å².